The molecular weight excluding hydrogens is 245 g/mol. The minimum absolute atomic E-state index is 0.0645. The van der Waals surface area contributed by atoms with Crippen molar-refractivity contribution in [3.8, 4) is 0 Å². The smallest absolute Gasteiger partial charge is 0.235 e. The highest BCUT2D eigenvalue weighted by molar-refractivity contribution is 14.1. The van der Waals surface area contributed by atoms with Crippen LogP contribution in [-0.2, 0) is 4.79 Å². The molecule has 0 aliphatic heterocycles. The highest BCUT2D eigenvalue weighted by Crippen LogP contribution is 2.07. The average molecular weight is 257 g/mol. The number of amides is 1. The zero-order chi connectivity index (χ0) is 8.15. The third-order valence-electron chi connectivity index (χ3n) is 1.09. The Balaban J connectivity index is 3.71. The number of alkyl halides is 1. The van der Waals surface area contributed by atoms with Crippen LogP contribution < -0.4 is 0 Å². The van der Waals surface area contributed by atoms with Gasteiger partial charge in [0.2, 0.25) is 5.91 Å². The fourth-order valence-electron chi connectivity index (χ4n) is 0.517. The summed E-state index contributed by atoms with van der Waals surface area (Å²) >= 11 is 2.03. The maximum Gasteiger partial charge on any atom is 0.235 e. The summed E-state index contributed by atoms with van der Waals surface area (Å²) in [4.78, 5) is 12.6. The molecule has 0 aliphatic rings. The standard InChI is InChI=1S/C6H12INO2/c1-8(2)6(10)5(7)3-4-9/h5,9H,3-4H2,1-2H3/t5-/m1/s1. The molecule has 0 radical (unpaired) electrons. The first-order valence-electron chi connectivity index (χ1n) is 3.05. The molecule has 0 heterocycles. The summed E-state index contributed by atoms with van der Waals surface area (Å²) in [5.41, 5.74) is 0. The molecule has 0 saturated carbocycles. The molecule has 0 aromatic carbocycles. The number of nitrogens with zero attached hydrogens (tertiary/aromatic N) is 1. The van der Waals surface area contributed by atoms with E-state index in [-0.39, 0.29) is 16.4 Å². The van der Waals surface area contributed by atoms with Crippen LogP contribution in [0.3, 0.4) is 0 Å². The van der Waals surface area contributed by atoms with Gasteiger partial charge in [-0.05, 0) is 6.42 Å². The Kier molecular flexibility index (Phi) is 4.98. The van der Waals surface area contributed by atoms with Crippen molar-refractivity contribution in [1.29, 1.82) is 0 Å². The van der Waals surface area contributed by atoms with Crippen LogP contribution in [0, 0.1) is 0 Å². The number of rotatable bonds is 3. The van der Waals surface area contributed by atoms with Gasteiger partial charge in [-0.15, -0.1) is 0 Å². The van der Waals surface area contributed by atoms with Gasteiger partial charge in [0.05, 0.1) is 3.92 Å². The van der Waals surface area contributed by atoms with Crippen LogP contribution in [0.2, 0.25) is 0 Å². The Morgan fingerprint density at radius 1 is 1.70 bits per heavy atom. The Morgan fingerprint density at radius 3 is 2.50 bits per heavy atom. The van der Waals surface area contributed by atoms with Crippen LogP contribution in [0.15, 0.2) is 0 Å². The van der Waals surface area contributed by atoms with E-state index in [0.717, 1.165) is 0 Å². The number of hydrogen-bond donors (Lipinski definition) is 1. The number of halogens is 1. The van der Waals surface area contributed by atoms with Crippen molar-refractivity contribution < 1.29 is 9.90 Å². The molecule has 0 aromatic rings. The highest BCUT2D eigenvalue weighted by Gasteiger charge is 2.14. The van der Waals surface area contributed by atoms with Crippen LogP contribution in [0.4, 0.5) is 0 Å². The summed E-state index contributed by atoms with van der Waals surface area (Å²) in [5, 5.41) is 8.49. The molecule has 60 valence electrons. The quantitative estimate of drug-likeness (QED) is 0.582. The third-order valence-corrected chi connectivity index (χ3v) is 2.25. The monoisotopic (exact) mass is 257 g/mol. The van der Waals surface area contributed by atoms with Gasteiger partial charge < -0.3 is 10.0 Å². The Morgan fingerprint density at radius 2 is 2.20 bits per heavy atom. The van der Waals surface area contributed by atoms with E-state index >= 15 is 0 Å². The fourth-order valence-corrected chi connectivity index (χ4v) is 1.35. The molecule has 10 heavy (non-hydrogen) atoms. The average Bonchev–Trinajstić information content (AvgIpc) is 1.87. The van der Waals surface area contributed by atoms with Gasteiger partial charge in [0, 0.05) is 20.7 Å². The molecular formula is C6H12INO2. The van der Waals surface area contributed by atoms with Crippen molar-refractivity contribution in [3.63, 3.8) is 0 Å². The summed E-state index contributed by atoms with van der Waals surface area (Å²) in [7, 11) is 3.43. The first kappa shape index (κ1) is 10.2. The molecule has 0 bridgehead atoms. The van der Waals surface area contributed by atoms with Gasteiger partial charge in [-0.2, -0.15) is 0 Å². The van der Waals surface area contributed by atoms with Crippen LogP contribution in [0.25, 0.3) is 0 Å². The minimum atomic E-state index is -0.0856. The van der Waals surface area contributed by atoms with Crippen LogP contribution >= 0.6 is 22.6 Å². The summed E-state index contributed by atoms with van der Waals surface area (Å²) in [6, 6.07) is 0. The van der Waals surface area contributed by atoms with E-state index in [1.54, 1.807) is 14.1 Å². The van der Waals surface area contributed by atoms with Crippen molar-refractivity contribution >= 4 is 28.5 Å². The Hall–Kier alpha value is 0.160. The second kappa shape index (κ2) is 4.90. The Labute approximate surface area is 74.5 Å². The molecule has 0 aliphatic carbocycles. The van der Waals surface area contributed by atoms with E-state index in [4.69, 9.17) is 5.11 Å². The molecule has 0 rings (SSSR count). The lowest BCUT2D eigenvalue weighted by Crippen LogP contribution is -2.30. The maximum absolute atomic E-state index is 11.0. The molecule has 1 N–H and O–H groups in total. The lowest BCUT2D eigenvalue weighted by atomic mass is 10.3. The molecule has 0 saturated heterocycles. The first-order chi connectivity index (χ1) is 4.59. The van der Waals surface area contributed by atoms with Gasteiger partial charge in [-0.1, -0.05) is 22.6 Å². The van der Waals surface area contributed by atoms with Gasteiger partial charge >= 0.3 is 0 Å². The molecule has 0 fully saturated rings. The second-order valence-electron chi connectivity index (χ2n) is 2.21. The lowest BCUT2D eigenvalue weighted by molar-refractivity contribution is -0.127. The molecule has 0 spiro atoms. The summed E-state index contributed by atoms with van der Waals surface area (Å²) in [5.74, 6) is 0.0645. The van der Waals surface area contributed by atoms with Crippen LogP contribution in [-0.4, -0.2) is 40.5 Å². The van der Waals surface area contributed by atoms with Gasteiger partial charge in [0.1, 0.15) is 0 Å². The number of carbonyl (C=O) groups excluding carboxylic acids is 1. The van der Waals surface area contributed by atoms with Gasteiger partial charge in [0.25, 0.3) is 0 Å². The molecule has 1 amide bonds. The third kappa shape index (κ3) is 3.36. The Bertz CT molecular complexity index is 116. The summed E-state index contributed by atoms with van der Waals surface area (Å²) in [6.07, 6.45) is 0.539. The van der Waals surface area contributed by atoms with E-state index in [2.05, 4.69) is 0 Å². The molecule has 3 nitrogen and oxygen atoms in total. The van der Waals surface area contributed by atoms with E-state index in [1.807, 2.05) is 22.6 Å². The van der Waals surface area contributed by atoms with Crippen molar-refractivity contribution in [2.24, 2.45) is 0 Å². The van der Waals surface area contributed by atoms with E-state index in [0.29, 0.717) is 6.42 Å². The zero-order valence-corrected chi connectivity index (χ0v) is 8.33. The first-order valence-corrected chi connectivity index (χ1v) is 4.30. The van der Waals surface area contributed by atoms with Gasteiger partial charge in [-0.3, -0.25) is 4.79 Å². The normalized spacial score (nSPS) is 12.8. The lowest BCUT2D eigenvalue weighted by Gasteiger charge is -2.13. The van der Waals surface area contributed by atoms with Crippen molar-refractivity contribution in [2.45, 2.75) is 10.3 Å². The number of hydrogen-bond acceptors (Lipinski definition) is 2. The summed E-state index contributed by atoms with van der Waals surface area (Å²) < 4.78 is -0.0856. The zero-order valence-electron chi connectivity index (χ0n) is 6.17. The maximum atomic E-state index is 11.0. The molecule has 0 aromatic heterocycles. The van der Waals surface area contributed by atoms with Crippen molar-refractivity contribution in [2.75, 3.05) is 20.7 Å². The number of aliphatic hydroxyl groups excluding tert-OH is 1. The van der Waals surface area contributed by atoms with Gasteiger partial charge in [0.15, 0.2) is 0 Å². The fraction of sp³-hybridized carbons (Fsp3) is 0.833. The molecule has 0 unspecified atom stereocenters. The number of carbonyl (C=O) groups is 1. The van der Waals surface area contributed by atoms with Crippen molar-refractivity contribution in [3.05, 3.63) is 0 Å². The largest absolute Gasteiger partial charge is 0.396 e. The van der Waals surface area contributed by atoms with Crippen LogP contribution in [0.1, 0.15) is 6.42 Å². The SMILES string of the molecule is CN(C)C(=O)[C@H](I)CCO. The van der Waals surface area contributed by atoms with Crippen molar-refractivity contribution in [1.82, 2.24) is 4.90 Å². The number of aliphatic hydroxyl groups is 1. The molecule has 4 heteroatoms. The molecule has 1 atom stereocenters. The van der Waals surface area contributed by atoms with E-state index in [9.17, 15) is 4.79 Å². The second-order valence-corrected chi connectivity index (χ2v) is 3.72. The topological polar surface area (TPSA) is 40.5 Å². The highest BCUT2D eigenvalue weighted by atomic mass is 127. The van der Waals surface area contributed by atoms with Gasteiger partial charge in [-0.25, -0.2) is 0 Å². The summed E-state index contributed by atoms with van der Waals surface area (Å²) in [6.45, 7) is 0.0766. The van der Waals surface area contributed by atoms with E-state index in [1.165, 1.54) is 4.90 Å². The van der Waals surface area contributed by atoms with E-state index < -0.39 is 0 Å². The predicted octanol–water partition coefficient (Wildman–Crippen LogP) is 0.261. The predicted molar refractivity (Wildman–Crippen MR) is 48.2 cm³/mol. The minimum Gasteiger partial charge on any atom is -0.396 e. The van der Waals surface area contributed by atoms with Crippen LogP contribution in [0.5, 0.6) is 0 Å².